The molecule has 17 heavy (non-hydrogen) atoms. The van der Waals surface area contributed by atoms with Crippen LogP contribution in [0.3, 0.4) is 0 Å². The Balaban J connectivity index is 2.23. The van der Waals surface area contributed by atoms with Crippen LogP contribution in [0.25, 0.3) is 0 Å². The van der Waals surface area contributed by atoms with E-state index >= 15 is 0 Å². The van der Waals surface area contributed by atoms with E-state index < -0.39 is 11.9 Å². The lowest BCUT2D eigenvalue weighted by Gasteiger charge is -2.07. The summed E-state index contributed by atoms with van der Waals surface area (Å²) in [6.07, 6.45) is -0.666. The molecule has 2 heterocycles. The summed E-state index contributed by atoms with van der Waals surface area (Å²) in [6, 6.07) is 3.53. The molecular weight excluding hydrogens is 235 g/mol. The average molecular weight is 241 g/mol. The molecule has 4 nitrogen and oxygen atoms in total. The molecule has 0 unspecified atom stereocenters. The zero-order valence-corrected chi connectivity index (χ0v) is 8.35. The van der Waals surface area contributed by atoms with Gasteiger partial charge in [-0.3, -0.25) is 4.98 Å². The number of ether oxygens (including phenoxy) is 1. The lowest BCUT2D eigenvalue weighted by atomic mass is 10.4. The van der Waals surface area contributed by atoms with E-state index in [1.54, 1.807) is 6.07 Å². The predicted octanol–water partition coefficient (Wildman–Crippen LogP) is 2.68. The van der Waals surface area contributed by atoms with Crippen molar-refractivity contribution in [2.24, 2.45) is 0 Å². The molecule has 0 saturated heterocycles. The highest BCUT2D eigenvalue weighted by Gasteiger charge is 2.33. The molecule has 2 aromatic heterocycles. The van der Waals surface area contributed by atoms with Gasteiger partial charge in [0.1, 0.15) is 5.75 Å². The van der Waals surface area contributed by atoms with Gasteiger partial charge in [-0.25, -0.2) is 4.98 Å². The molecule has 0 radical (unpaired) electrons. The fraction of sp³-hybridized carbons (Fsp3) is 0.100. The van der Waals surface area contributed by atoms with Crippen LogP contribution in [-0.2, 0) is 6.18 Å². The Kier molecular flexibility index (Phi) is 2.90. The zero-order valence-electron chi connectivity index (χ0n) is 8.35. The van der Waals surface area contributed by atoms with E-state index in [0.29, 0.717) is 0 Å². The van der Waals surface area contributed by atoms with Gasteiger partial charge >= 0.3 is 12.2 Å². The molecule has 0 atom stereocenters. The number of hydrogen-bond donors (Lipinski definition) is 0. The van der Waals surface area contributed by atoms with Crippen molar-refractivity contribution < 1.29 is 17.9 Å². The SMILES string of the molecule is FC(F)(F)c1ccnc(Oc2cccnc2)n1. The summed E-state index contributed by atoms with van der Waals surface area (Å²) < 4.78 is 42.1. The maximum atomic E-state index is 12.3. The van der Waals surface area contributed by atoms with E-state index in [9.17, 15) is 13.2 Å². The second-order valence-corrected chi connectivity index (χ2v) is 3.01. The lowest BCUT2D eigenvalue weighted by molar-refractivity contribution is -0.141. The van der Waals surface area contributed by atoms with Crippen LogP contribution < -0.4 is 4.74 Å². The van der Waals surface area contributed by atoms with E-state index in [4.69, 9.17) is 4.74 Å². The summed E-state index contributed by atoms with van der Waals surface area (Å²) in [6.45, 7) is 0. The number of pyridine rings is 1. The molecule has 0 bridgehead atoms. The van der Waals surface area contributed by atoms with Crippen LogP contribution in [0.1, 0.15) is 5.69 Å². The molecule has 0 aliphatic carbocycles. The molecule has 0 saturated carbocycles. The van der Waals surface area contributed by atoms with Crippen LogP contribution in [0.5, 0.6) is 11.8 Å². The van der Waals surface area contributed by atoms with Crippen molar-refractivity contribution in [3.8, 4) is 11.8 Å². The number of hydrogen-bond acceptors (Lipinski definition) is 4. The number of alkyl halides is 3. The minimum absolute atomic E-state index is 0.270. The van der Waals surface area contributed by atoms with Crippen molar-refractivity contribution in [3.05, 3.63) is 42.5 Å². The van der Waals surface area contributed by atoms with Crippen LogP contribution in [-0.4, -0.2) is 15.0 Å². The normalized spacial score (nSPS) is 11.2. The minimum atomic E-state index is -4.52. The molecule has 7 heteroatoms. The van der Waals surface area contributed by atoms with E-state index in [0.717, 1.165) is 12.3 Å². The fourth-order valence-corrected chi connectivity index (χ4v) is 1.06. The Morgan fingerprint density at radius 3 is 2.59 bits per heavy atom. The maximum Gasteiger partial charge on any atom is 0.433 e. The highest BCUT2D eigenvalue weighted by atomic mass is 19.4. The van der Waals surface area contributed by atoms with Crippen LogP contribution in [0.15, 0.2) is 36.8 Å². The quantitative estimate of drug-likeness (QED) is 0.811. The topological polar surface area (TPSA) is 47.9 Å². The van der Waals surface area contributed by atoms with Crippen molar-refractivity contribution in [3.63, 3.8) is 0 Å². The predicted molar refractivity (Wildman–Crippen MR) is 51.3 cm³/mol. The third kappa shape index (κ3) is 2.90. The number of nitrogens with zero attached hydrogens (tertiary/aromatic N) is 3. The molecule has 0 fully saturated rings. The first-order chi connectivity index (χ1) is 8.05. The lowest BCUT2D eigenvalue weighted by Crippen LogP contribution is -2.08. The first-order valence-corrected chi connectivity index (χ1v) is 4.54. The fourth-order valence-electron chi connectivity index (χ4n) is 1.06. The Bertz CT molecular complexity index is 502. The Morgan fingerprint density at radius 1 is 1.12 bits per heavy atom. The molecule has 0 aliphatic rings. The summed E-state index contributed by atoms with van der Waals surface area (Å²) in [5.74, 6) is 0.270. The first-order valence-electron chi connectivity index (χ1n) is 4.54. The van der Waals surface area contributed by atoms with Gasteiger partial charge < -0.3 is 4.74 Å². The van der Waals surface area contributed by atoms with Gasteiger partial charge in [0.05, 0.1) is 6.20 Å². The molecule has 2 rings (SSSR count). The Morgan fingerprint density at radius 2 is 1.94 bits per heavy atom. The van der Waals surface area contributed by atoms with E-state index in [1.165, 1.54) is 18.5 Å². The van der Waals surface area contributed by atoms with E-state index in [1.807, 2.05) is 0 Å². The average Bonchev–Trinajstić information content (AvgIpc) is 2.29. The van der Waals surface area contributed by atoms with Crippen LogP contribution in [0.2, 0.25) is 0 Å². The molecular formula is C10H6F3N3O. The number of aromatic nitrogens is 3. The van der Waals surface area contributed by atoms with Crippen molar-refractivity contribution >= 4 is 0 Å². The zero-order chi connectivity index (χ0) is 12.3. The summed E-state index contributed by atoms with van der Waals surface area (Å²) in [7, 11) is 0. The van der Waals surface area contributed by atoms with Crippen molar-refractivity contribution in [2.75, 3.05) is 0 Å². The van der Waals surface area contributed by atoms with Gasteiger partial charge in [0.25, 0.3) is 0 Å². The molecule has 0 spiro atoms. The summed E-state index contributed by atoms with van der Waals surface area (Å²) in [5.41, 5.74) is -1.05. The van der Waals surface area contributed by atoms with Crippen LogP contribution in [0, 0.1) is 0 Å². The highest BCUT2D eigenvalue weighted by molar-refractivity contribution is 5.20. The molecule has 2 aromatic rings. The van der Waals surface area contributed by atoms with E-state index in [-0.39, 0.29) is 11.8 Å². The third-order valence-electron chi connectivity index (χ3n) is 1.77. The van der Waals surface area contributed by atoms with Gasteiger partial charge in [-0.1, -0.05) is 0 Å². The van der Waals surface area contributed by atoms with Crippen molar-refractivity contribution in [1.29, 1.82) is 0 Å². The number of rotatable bonds is 2. The van der Waals surface area contributed by atoms with Gasteiger partial charge in [0.15, 0.2) is 5.69 Å². The van der Waals surface area contributed by atoms with Crippen molar-refractivity contribution in [2.45, 2.75) is 6.18 Å². The second kappa shape index (κ2) is 4.36. The van der Waals surface area contributed by atoms with E-state index in [2.05, 4.69) is 15.0 Å². The smallest absolute Gasteiger partial charge is 0.423 e. The number of halogens is 3. The Hall–Kier alpha value is -2.18. The standard InChI is InChI=1S/C10H6F3N3O/c11-10(12,13)8-3-5-15-9(16-8)17-7-2-1-4-14-6-7/h1-6H. The molecule has 0 aliphatic heterocycles. The van der Waals surface area contributed by atoms with Gasteiger partial charge in [0.2, 0.25) is 0 Å². The van der Waals surface area contributed by atoms with Gasteiger partial charge in [-0.15, -0.1) is 0 Å². The summed E-state index contributed by atoms with van der Waals surface area (Å²) in [5, 5.41) is 0. The van der Waals surface area contributed by atoms with Gasteiger partial charge in [0, 0.05) is 12.4 Å². The highest BCUT2D eigenvalue weighted by Crippen LogP contribution is 2.28. The third-order valence-corrected chi connectivity index (χ3v) is 1.77. The first kappa shape index (κ1) is 11.3. The van der Waals surface area contributed by atoms with Gasteiger partial charge in [-0.2, -0.15) is 18.2 Å². The van der Waals surface area contributed by atoms with Crippen molar-refractivity contribution in [1.82, 2.24) is 15.0 Å². The summed E-state index contributed by atoms with van der Waals surface area (Å²) in [4.78, 5) is 10.6. The van der Waals surface area contributed by atoms with Crippen LogP contribution in [0.4, 0.5) is 13.2 Å². The molecule has 0 amide bonds. The molecule has 0 N–H and O–H groups in total. The Labute approximate surface area is 94.1 Å². The van der Waals surface area contributed by atoms with Gasteiger partial charge in [-0.05, 0) is 18.2 Å². The maximum absolute atomic E-state index is 12.3. The molecule has 88 valence electrons. The molecule has 0 aromatic carbocycles. The van der Waals surface area contributed by atoms with Crippen LogP contribution >= 0.6 is 0 Å². The second-order valence-electron chi connectivity index (χ2n) is 3.01. The summed E-state index contributed by atoms with van der Waals surface area (Å²) >= 11 is 0. The monoisotopic (exact) mass is 241 g/mol. The largest absolute Gasteiger partial charge is 0.433 e. The minimum Gasteiger partial charge on any atom is -0.423 e.